The van der Waals surface area contributed by atoms with Crippen molar-refractivity contribution in [2.24, 2.45) is 5.73 Å². The van der Waals surface area contributed by atoms with E-state index in [4.69, 9.17) is 10.6 Å². The highest BCUT2D eigenvalue weighted by molar-refractivity contribution is 5.86. The minimum absolute atomic E-state index is 0.244. The van der Waals surface area contributed by atoms with Crippen LogP contribution in [0.1, 0.15) is 13.8 Å². The van der Waals surface area contributed by atoms with E-state index in [9.17, 15) is 4.79 Å². The van der Waals surface area contributed by atoms with Crippen molar-refractivity contribution in [1.29, 1.82) is 0 Å². The van der Waals surface area contributed by atoms with Gasteiger partial charge in [0.05, 0.1) is 6.61 Å². The Labute approximate surface area is 66.6 Å². The fourth-order valence-corrected chi connectivity index (χ4v) is 0.543. The fraction of sp³-hybridized carbons (Fsp3) is 0.571. The topological polar surface area (TPSA) is 55.6 Å². The Bertz CT molecular complexity index is 162. The van der Waals surface area contributed by atoms with E-state index in [-0.39, 0.29) is 5.91 Å². The molecular formula is C7H14N2O2. The van der Waals surface area contributed by atoms with E-state index in [1.807, 2.05) is 6.92 Å². The van der Waals surface area contributed by atoms with E-state index in [1.54, 1.807) is 14.0 Å². The van der Waals surface area contributed by atoms with Gasteiger partial charge >= 0.3 is 0 Å². The van der Waals surface area contributed by atoms with Crippen molar-refractivity contribution in [2.75, 3.05) is 13.7 Å². The molecule has 0 bridgehead atoms. The molecule has 11 heavy (non-hydrogen) atoms. The second-order valence-corrected chi connectivity index (χ2v) is 2.14. The number of rotatable bonds is 3. The Morgan fingerprint density at radius 1 is 1.73 bits per heavy atom. The van der Waals surface area contributed by atoms with Gasteiger partial charge in [0.15, 0.2) is 0 Å². The van der Waals surface area contributed by atoms with Crippen LogP contribution < -0.4 is 5.73 Å². The van der Waals surface area contributed by atoms with E-state index in [2.05, 4.69) is 0 Å². The molecule has 0 spiro atoms. The molecule has 4 nitrogen and oxygen atoms in total. The van der Waals surface area contributed by atoms with Crippen LogP contribution >= 0.6 is 0 Å². The summed E-state index contributed by atoms with van der Waals surface area (Å²) >= 11 is 0. The van der Waals surface area contributed by atoms with Crippen LogP contribution in [0.15, 0.2) is 11.8 Å². The summed E-state index contributed by atoms with van der Waals surface area (Å²) in [5.41, 5.74) is 5.76. The maximum Gasteiger partial charge on any atom is 0.271 e. The lowest BCUT2D eigenvalue weighted by Crippen LogP contribution is -2.25. The maximum absolute atomic E-state index is 11.0. The fourth-order valence-electron chi connectivity index (χ4n) is 0.543. The van der Waals surface area contributed by atoms with Gasteiger partial charge in [-0.3, -0.25) is 9.63 Å². The number of carbonyl (C=O) groups is 1. The summed E-state index contributed by atoms with van der Waals surface area (Å²) in [6, 6.07) is 0. The van der Waals surface area contributed by atoms with E-state index >= 15 is 0 Å². The molecule has 0 aromatic heterocycles. The molecule has 0 rings (SSSR count). The van der Waals surface area contributed by atoms with Gasteiger partial charge in [0, 0.05) is 18.8 Å². The van der Waals surface area contributed by atoms with Crippen molar-refractivity contribution in [3.63, 3.8) is 0 Å². The van der Waals surface area contributed by atoms with Gasteiger partial charge in [-0.2, -0.15) is 0 Å². The maximum atomic E-state index is 11.0. The van der Waals surface area contributed by atoms with Crippen molar-refractivity contribution in [1.82, 2.24) is 5.06 Å². The minimum Gasteiger partial charge on any atom is -0.402 e. The molecule has 0 fully saturated rings. The number of hydrogen-bond donors (Lipinski definition) is 1. The number of amides is 1. The first kappa shape index (κ1) is 9.97. The van der Waals surface area contributed by atoms with Gasteiger partial charge in [-0.1, -0.05) is 0 Å². The SMILES string of the molecule is CCON(C)C(=O)/C=C(/C)N. The average Bonchev–Trinajstić information content (AvgIpc) is 1.86. The molecule has 1 amide bonds. The Morgan fingerprint density at radius 2 is 2.27 bits per heavy atom. The molecule has 0 saturated heterocycles. The first-order valence-electron chi connectivity index (χ1n) is 3.42. The largest absolute Gasteiger partial charge is 0.402 e. The number of allylic oxidation sites excluding steroid dienone is 1. The van der Waals surface area contributed by atoms with Gasteiger partial charge in [-0.25, -0.2) is 5.06 Å². The van der Waals surface area contributed by atoms with Gasteiger partial charge < -0.3 is 5.73 Å². The molecule has 0 aliphatic rings. The van der Waals surface area contributed by atoms with E-state index < -0.39 is 0 Å². The molecule has 64 valence electrons. The molecule has 0 saturated carbocycles. The van der Waals surface area contributed by atoms with Crippen LogP contribution in [-0.4, -0.2) is 24.6 Å². The number of nitrogens with two attached hydrogens (primary N) is 1. The third-order valence-electron chi connectivity index (χ3n) is 0.984. The van der Waals surface area contributed by atoms with Crippen LogP contribution in [0.5, 0.6) is 0 Å². The lowest BCUT2D eigenvalue weighted by molar-refractivity contribution is -0.170. The zero-order valence-corrected chi connectivity index (χ0v) is 7.13. The van der Waals surface area contributed by atoms with Crippen LogP contribution in [0.4, 0.5) is 0 Å². The smallest absolute Gasteiger partial charge is 0.271 e. The Hall–Kier alpha value is -1.03. The molecule has 0 aromatic rings. The molecule has 2 N–H and O–H groups in total. The summed E-state index contributed by atoms with van der Waals surface area (Å²) in [6.07, 6.45) is 1.32. The van der Waals surface area contributed by atoms with Crippen LogP contribution in [0, 0.1) is 0 Å². The average molecular weight is 158 g/mol. The van der Waals surface area contributed by atoms with Crippen molar-refractivity contribution in [2.45, 2.75) is 13.8 Å². The lowest BCUT2D eigenvalue weighted by Gasteiger charge is -2.12. The van der Waals surface area contributed by atoms with E-state index in [0.717, 1.165) is 5.06 Å². The number of hydrogen-bond acceptors (Lipinski definition) is 3. The quantitative estimate of drug-likeness (QED) is 0.473. The van der Waals surface area contributed by atoms with Gasteiger partial charge in [0.25, 0.3) is 5.91 Å². The molecular weight excluding hydrogens is 144 g/mol. The highest BCUT2D eigenvalue weighted by Gasteiger charge is 2.03. The Kier molecular flexibility index (Phi) is 4.29. The first-order chi connectivity index (χ1) is 5.07. The monoisotopic (exact) mass is 158 g/mol. The molecule has 4 heteroatoms. The summed E-state index contributed by atoms with van der Waals surface area (Å²) in [7, 11) is 1.55. The molecule has 0 heterocycles. The first-order valence-corrected chi connectivity index (χ1v) is 3.42. The van der Waals surface area contributed by atoms with E-state index in [1.165, 1.54) is 6.08 Å². The summed E-state index contributed by atoms with van der Waals surface area (Å²) < 4.78 is 0. The zero-order valence-electron chi connectivity index (χ0n) is 7.13. The second kappa shape index (κ2) is 4.73. The van der Waals surface area contributed by atoms with Crippen molar-refractivity contribution in [3.8, 4) is 0 Å². The number of likely N-dealkylation sites (N-methyl/N-ethyl adjacent to an activating group) is 1. The van der Waals surface area contributed by atoms with Crippen LogP contribution in [0.25, 0.3) is 0 Å². The number of hydroxylamine groups is 2. The molecule has 0 aliphatic carbocycles. The molecule has 0 aromatic carbocycles. The van der Waals surface area contributed by atoms with Crippen molar-refractivity contribution in [3.05, 3.63) is 11.8 Å². The zero-order chi connectivity index (χ0) is 8.85. The second-order valence-electron chi connectivity index (χ2n) is 2.14. The molecule has 0 aliphatic heterocycles. The summed E-state index contributed by atoms with van der Waals surface area (Å²) in [5, 5.41) is 1.15. The van der Waals surface area contributed by atoms with Crippen molar-refractivity contribution < 1.29 is 9.63 Å². The van der Waals surface area contributed by atoms with Gasteiger partial charge in [0.1, 0.15) is 0 Å². The Morgan fingerprint density at radius 3 is 2.64 bits per heavy atom. The van der Waals surface area contributed by atoms with Crippen LogP contribution in [-0.2, 0) is 9.63 Å². The molecule has 0 radical (unpaired) electrons. The summed E-state index contributed by atoms with van der Waals surface area (Å²) in [6.45, 7) is 3.93. The third kappa shape index (κ3) is 4.38. The third-order valence-corrected chi connectivity index (χ3v) is 0.984. The van der Waals surface area contributed by atoms with Gasteiger partial charge in [0.2, 0.25) is 0 Å². The summed E-state index contributed by atoms with van der Waals surface area (Å²) in [4.78, 5) is 15.9. The van der Waals surface area contributed by atoms with Gasteiger partial charge in [-0.05, 0) is 13.8 Å². The predicted octanol–water partition coefficient (Wildman–Crippen LogP) is 0.259. The summed E-state index contributed by atoms with van der Waals surface area (Å²) in [5.74, 6) is -0.244. The standard InChI is InChI=1S/C7H14N2O2/c1-4-11-9(3)7(10)5-6(2)8/h5H,4,8H2,1-3H3/b6-5-. The highest BCUT2D eigenvalue weighted by atomic mass is 16.7. The Balaban J connectivity index is 3.93. The number of nitrogens with zero attached hydrogens (tertiary/aromatic N) is 1. The normalized spacial score (nSPS) is 11.4. The van der Waals surface area contributed by atoms with Crippen LogP contribution in [0.3, 0.4) is 0 Å². The molecule has 0 atom stereocenters. The van der Waals surface area contributed by atoms with E-state index in [0.29, 0.717) is 12.3 Å². The number of carbonyl (C=O) groups excluding carboxylic acids is 1. The van der Waals surface area contributed by atoms with Gasteiger partial charge in [-0.15, -0.1) is 0 Å². The minimum atomic E-state index is -0.244. The molecule has 0 unspecified atom stereocenters. The lowest BCUT2D eigenvalue weighted by atomic mass is 10.4. The predicted molar refractivity (Wildman–Crippen MR) is 42.3 cm³/mol. The van der Waals surface area contributed by atoms with Crippen LogP contribution in [0.2, 0.25) is 0 Å². The highest BCUT2D eigenvalue weighted by Crippen LogP contribution is 1.90. The van der Waals surface area contributed by atoms with Crippen molar-refractivity contribution >= 4 is 5.91 Å².